The zero-order valence-electron chi connectivity index (χ0n) is 13.3. The second kappa shape index (κ2) is 6.51. The summed E-state index contributed by atoms with van der Waals surface area (Å²) in [6, 6.07) is 13.2. The smallest absolute Gasteiger partial charge is 0.131 e. The number of hydrogen-bond donors (Lipinski definition) is 0. The molecule has 0 unspecified atom stereocenters. The Kier molecular flexibility index (Phi) is 4.47. The molecule has 2 aromatic carbocycles. The summed E-state index contributed by atoms with van der Waals surface area (Å²) in [4.78, 5) is 0. The summed E-state index contributed by atoms with van der Waals surface area (Å²) in [7, 11) is 0. The van der Waals surface area contributed by atoms with Crippen LogP contribution in [0, 0.1) is 11.7 Å². The normalized spacial score (nSPS) is 14.4. The summed E-state index contributed by atoms with van der Waals surface area (Å²) in [6.45, 7) is 3.94. The van der Waals surface area contributed by atoms with Gasteiger partial charge in [0.25, 0.3) is 0 Å². The summed E-state index contributed by atoms with van der Waals surface area (Å²) < 4.78 is 19.8. The van der Waals surface area contributed by atoms with Crippen LogP contribution in [-0.4, -0.2) is 6.10 Å². The van der Waals surface area contributed by atoms with E-state index in [0.29, 0.717) is 11.3 Å². The second-order valence-electron chi connectivity index (χ2n) is 6.49. The molecule has 1 nitrogen and oxygen atoms in total. The maximum atomic E-state index is 14.1. The largest absolute Gasteiger partial charge is 0.491 e. The predicted octanol–water partition coefficient (Wildman–Crippen LogP) is 5.62. The number of halogens is 1. The molecule has 1 aliphatic rings. The molecule has 0 radical (unpaired) electrons. The van der Waals surface area contributed by atoms with Crippen LogP contribution in [0.5, 0.6) is 5.75 Å². The van der Waals surface area contributed by atoms with Crippen molar-refractivity contribution in [2.45, 2.75) is 45.6 Å². The lowest BCUT2D eigenvalue weighted by Gasteiger charge is -2.12. The first-order valence-electron chi connectivity index (χ1n) is 8.17. The highest BCUT2D eigenvalue weighted by Gasteiger charge is 2.20. The monoisotopic (exact) mass is 298 g/mol. The molecule has 3 rings (SSSR count). The molecule has 0 heterocycles. The van der Waals surface area contributed by atoms with E-state index >= 15 is 0 Å². The quantitative estimate of drug-likeness (QED) is 0.672. The number of hydrogen-bond acceptors (Lipinski definition) is 1. The molecule has 116 valence electrons. The van der Waals surface area contributed by atoms with Crippen LogP contribution >= 0.6 is 0 Å². The average Bonchev–Trinajstić information content (AvgIpc) is 3.32. The van der Waals surface area contributed by atoms with E-state index in [1.54, 1.807) is 12.1 Å². The van der Waals surface area contributed by atoms with E-state index in [9.17, 15) is 4.39 Å². The third-order valence-electron chi connectivity index (χ3n) is 4.11. The van der Waals surface area contributed by atoms with Gasteiger partial charge in [-0.15, -0.1) is 0 Å². The molecule has 0 atom stereocenters. The fourth-order valence-corrected chi connectivity index (χ4v) is 2.70. The maximum absolute atomic E-state index is 14.1. The average molecular weight is 298 g/mol. The highest BCUT2D eigenvalue weighted by Crippen LogP contribution is 2.34. The van der Waals surface area contributed by atoms with Gasteiger partial charge in [-0.3, -0.25) is 0 Å². The molecule has 1 aliphatic carbocycles. The number of ether oxygens (including phenoxy) is 1. The highest BCUT2D eigenvalue weighted by molar-refractivity contribution is 5.66. The number of benzene rings is 2. The van der Waals surface area contributed by atoms with Crippen molar-refractivity contribution >= 4 is 0 Å². The van der Waals surface area contributed by atoms with Crippen LogP contribution in [0.3, 0.4) is 0 Å². The Labute approximate surface area is 132 Å². The molecule has 0 N–H and O–H groups in total. The summed E-state index contributed by atoms with van der Waals surface area (Å²) in [6.07, 6.45) is 5.29. The third-order valence-corrected chi connectivity index (χ3v) is 4.11. The van der Waals surface area contributed by atoms with Gasteiger partial charge in [0.2, 0.25) is 0 Å². The first-order valence-corrected chi connectivity index (χ1v) is 8.17. The molecule has 22 heavy (non-hydrogen) atoms. The van der Waals surface area contributed by atoms with Crippen LogP contribution in [0.2, 0.25) is 0 Å². The number of rotatable bonds is 6. The SMILES string of the molecule is CC(C)Oc1ccc(F)c(-c2ccc(CCC3CC3)cc2)c1. The van der Waals surface area contributed by atoms with E-state index in [4.69, 9.17) is 4.74 Å². The van der Waals surface area contributed by atoms with Gasteiger partial charge in [0.05, 0.1) is 6.10 Å². The van der Waals surface area contributed by atoms with Crippen molar-refractivity contribution in [3.8, 4) is 16.9 Å². The Morgan fingerprint density at radius 2 is 1.82 bits per heavy atom. The van der Waals surface area contributed by atoms with Gasteiger partial charge in [0, 0.05) is 5.56 Å². The van der Waals surface area contributed by atoms with E-state index in [0.717, 1.165) is 17.9 Å². The van der Waals surface area contributed by atoms with Crippen LogP contribution in [0.1, 0.15) is 38.7 Å². The minimum Gasteiger partial charge on any atom is -0.491 e. The van der Waals surface area contributed by atoms with Gasteiger partial charge in [-0.1, -0.05) is 37.1 Å². The van der Waals surface area contributed by atoms with Crippen molar-refractivity contribution in [2.24, 2.45) is 5.92 Å². The molecule has 0 spiro atoms. The molecular formula is C20H23FO. The zero-order chi connectivity index (χ0) is 15.5. The van der Waals surface area contributed by atoms with Crippen molar-refractivity contribution < 1.29 is 9.13 Å². The van der Waals surface area contributed by atoms with Crippen molar-refractivity contribution in [3.05, 3.63) is 53.8 Å². The van der Waals surface area contributed by atoms with E-state index in [1.807, 2.05) is 26.0 Å². The Balaban J connectivity index is 1.76. The minimum atomic E-state index is -0.207. The van der Waals surface area contributed by atoms with Crippen LogP contribution in [0.4, 0.5) is 4.39 Å². The molecular weight excluding hydrogens is 275 g/mol. The van der Waals surface area contributed by atoms with Gasteiger partial charge in [0.1, 0.15) is 11.6 Å². The summed E-state index contributed by atoms with van der Waals surface area (Å²) in [5, 5.41) is 0. The summed E-state index contributed by atoms with van der Waals surface area (Å²) in [5.74, 6) is 1.45. The fourth-order valence-electron chi connectivity index (χ4n) is 2.70. The van der Waals surface area contributed by atoms with Gasteiger partial charge < -0.3 is 4.74 Å². The molecule has 0 saturated heterocycles. The van der Waals surface area contributed by atoms with Crippen molar-refractivity contribution in [1.29, 1.82) is 0 Å². The third kappa shape index (κ3) is 3.88. The van der Waals surface area contributed by atoms with Gasteiger partial charge in [-0.05, 0) is 61.9 Å². The Morgan fingerprint density at radius 3 is 2.45 bits per heavy atom. The first-order chi connectivity index (χ1) is 10.6. The van der Waals surface area contributed by atoms with Crippen molar-refractivity contribution in [1.82, 2.24) is 0 Å². The van der Waals surface area contributed by atoms with Crippen LogP contribution in [0.15, 0.2) is 42.5 Å². The lowest BCUT2D eigenvalue weighted by atomic mass is 10.0. The molecule has 2 heteroatoms. The summed E-state index contributed by atoms with van der Waals surface area (Å²) >= 11 is 0. The van der Waals surface area contributed by atoms with Gasteiger partial charge in [-0.25, -0.2) is 4.39 Å². The standard InChI is InChI=1S/C20H23FO/c1-14(2)22-18-11-12-20(21)19(13-18)17-9-7-16(8-10-17)6-5-15-3-4-15/h7-15H,3-6H2,1-2H3. The van der Waals surface area contributed by atoms with Gasteiger partial charge in [-0.2, -0.15) is 0 Å². The van der Waals surface area contributed by atoms with Crippen molar-refractivity contribution in [2.75, 3.05) is 0 Å². The highest BCUT2D eigenvalue weighted by atomic mass is 19.1. The molecule has 0 amide bonds. The van der Waals surface area contributed by atoms with Crippen LogP contribution < -0.4 is 4.74 Å². The zero-order valence-corrected chi connectivity index (χ0v) is 13.3. The molecule has 0 bridgehead atoms. The van der Waals surface area contributed by atoms with Gasteiger partial charge >= 0.3 is 0 Å². The van der Waals surface area contributed by atoms with Gasteiger partial charge in [0.15, 0.2) is 0 Å². The first kappa shape index (κ1) is 15.1. The summed E-state index contributed by atoms with van der Waals surface area (Å²) in [5.41, 5.74) is 2.85. The Morgan fingerprint density at radius 1 is 1.09 bits per heavy atom. The molecule has 0 aliphatic heterocycles. The van der Waals surface area contributed by atoms with Crippen LogP contribution in [-0.2, 0) is 6.42 Å². The van der Waals surface area contributed by atoms with E-state index in [1.165, 1.54) is 30.9 Å². The lowest BCUT2D eigenvalue weighted by Crippen LogP contribution is -2.05. The molecule has 2 aromatic rings. The molecule has 1 fully saturated rings. The van der Waals surface area contributed by atoms with Crippen molar-refractivity contribution in [3.63, 3.8) is 0 Å². The maximum Gasteiger partial charge on any atom is 0.131 e. The number of aryl methyl sites for hydroxylation is 1. The lowest BCUT2D eigenvalue weighted by molar-refractivity contribution is 0.242. The molecule has 0 aromatic heterocycles. The van der Waals surface area contributed by atoms with E-state index < -0.39 is 0 Å². The fraction of sp³-hybridized carbons (Fsp3) is 0.400. The Hall–Kier alpha value is -1.83. The van der Waals surface area contributed by atoms with Crippen LogP contribution in [0.25, 0.3) is 11.1 Å². The predicted molar refractivity (Wildman–Crippen MR) is 88.6 cm³/mol. The van der Waals surface area contributed by atoms with E-state index in [2.05, 4.69) is 12.1 Å². The molecule has 1 saturated carbocycles. The minimum absolute atomic E-state index is 0.0862. The topological polar surface area (TPSA) is 9.23 Å². The Bertz CT molecular complexity index is 627. The second-order valence-corrected chi connectivity index (χ2v) is 6.49. The van der Waals surface area contributed by atoms with E-state index in [-0.39, 0.29) is 11.9 Å².